The van der Waals surface area contributed by atoms with Gasteiger partial charge in [0.2, 0.25) is 11.9 Å². The second-order valence-electron chi connectivity index (χ2n) is 5.09. The predicted octanol–water partition coefficient (Wildman–Crippen LogP) is 1.79. The van der Waals surface area contributed by atoms with Crippen molar-refractivity contribution in [2.75, 3.05) is 30.3 Å². The molecule has 0 aromatic carbocycles. The van der Waals surface area contributed by atoms with E-state index in [4.69, 9.17) is 16.3 Å². The number of ether oxygens (including phenoxy) is 1. The van der Waals surface area contributed by atoms with Crippen LogP contribution in [-0.2, 0) is 14.6 Å². The molecule has 3 heterocycles. The van der Waals surface area contributed by atoms with Crippen molar-refractivity contribution >= 4 is 27.1 Å². The number of anilines is 1. The van der Waals surface area contributed by atoms with Crippen molar-refractivity contribution in [2.24, 2.45) is 0 Å². The highest BCUT2D eigenvalue weighted by Crippen LogP contribution is 2.38. The first-order chi connectivity index (χ1) is 9.90. The van der Waals surface area contributed by atoms with Crippen molar-refractivity contribution in [1.29, 1.82) is 0 Å². The first kappa shape index (κ1) is 14.9. The van der Waals surface area contributed by atoms with E-state index in [1.165, 1.54) is 4.90 Å². The number of pyridine rings is 1. The van der Waals surface area contributed by atoms with Gasteiger partial charge in [0.15, 0.2) is 9.84 Å². The largest absolute Gasteiger partial charge is 0.376 e. The Morgan fingerprint density at radius 2 is 2.14 bits per heavy atom. The summed E-state index contributed by atoms with van der Waals surface area (Å²) >= 11 is 5.71. The van der Waals surface area contributed by atoms with Crippen LogP contribution in [0.5, 0.6) is 0 Å². The lowest BCUT2D eigenvalue weighted by Crippen LogP contribution is -2.41. The number of hydrogen-bond donors (Lipinski definition) is 0. The van der Waals surface area contributed by atoms with Gasteiger partial charge >= 0.3 is 0 Å². The zero-order valence-electron chi connectivity index (χ0n) is 11.0. The molecule has 1 atom stereocenters. The molecule has 21 heavy (non-hydrogen) atoms. The molecule has 1 aromatic rings. The topological polar surface area (TPSA) is 59.5 Å². The molecule has 0 aliphatic carbocycles. The van der Waals surface area contributed by atoms with Crippen LogP contribution in [0.25, 0.3) is 0 Å². The Morgan fingerprint density at radius 1 is 1.38 bits per heavy atom. The van der Waals surface area contributed by atoms with E-state index in [1.54, 1.807) is 0 Å². The molecule has 9 heteroatoms. The Morgan fingerprint density at radius 3 is 2.81 bits per heavy atom. The van der Waals surface area contributed by atoms with Gasteiger partial charge in [-0.15, -0.1) is 0 Å². The number of nitrogens with zero attached hydrogens (tertiary/aromatic N) is 2. The molecule has 1 fully saturated rings. The van der Waals surface area contributed by atoms with Crippen molar-refractivity contribution in [1.82, 2.24) is 4.98 Å². The third-order valence-corrected chi connectivity index (χ3v) is 5.89. The third kappa shape index (κ3) is 2.60. The number of hydrogen-bond acceptors (Lipinski definition) is 5. The average molecular weight is 339 g/mol. The summed E-state index contributed by atoms with van der Waals surface area (Å²) in [5.41, 5.74) is -0.247. The fraction of sp³-hybridized carbons (Fsp3) is 0.583. The molecule has 0 N–H and O–H groups in total. The van der Waals surface area contributed by atoms with Crippen LogP contribution >= 0.6 is 11.6 Å². The molecular weight excluding hydrogens is 326 g/mol. The van der Waals surface area contributed by atoms with Crippen LogP contribution in [0.2, 0.25) is 5.02 Å². The van der Waals surface area contributed by atoms with Gasteiger partial charge < -0.3 is 9.64 Å². The van der Waals surface area contributed by atoms with Crippen molar-refractivity contribution in [3.8, 4) is 0 Å². The number of fused-ring (bicyclic) bond motifs is 1. The van der Waals surface area contributed by atoms with Gasteiger partial charge in [-0.05, 0) is 12.8 Å². The van der Waals surface area contributed by atoms with Gasteiger partial charge in [0, 0.05) is 19.7 Å². The Kier molecular flexibility index (Phi) is 3.79. The van der Waals surface area contributed by atoms with Crippen LogP contribution in [0.3, 0.4) is 0 Å². The molecule has 1 aromatic heterocycles. The maximum absolute atomic E-state index is 14.0. The van der Waals surface area contributed by atoms with E-state index < -0.39 is 31.7 Å². The summed E-state index contributed by atoms with van der Waals surface area (Å²) in [5, 5.41) is -0.650. The quantitative estimate of drug-likeness (QED) is 0.769. The van der Waals surface area contributed by atoms with Gasteiger partial charge in [-0.25, -0.2) is 8.42 Å². The monoisotopic (exact) mass is 338 g/mol. The van der Waals surface area contributed by atoms with Crippen molar-refractivity contribution in [3.05, 3.63) is 16.9 Å². The van der Waals surface area contributed by atoms with E-state index in [1.807, 2.05) is 0 Å². The van der Waals surface area contributed by atoms with Crippen LogP contribution in [0.1, 0.15) is 12.8 Å². The molecule has 3 rings (SSSR count). The second-order valence-corrected chi connectivity index (χ2v) is 7.51. The summed E-state index contributed by atoms with van der Waals surface area (Å²) in [4.78, 5) is 4.09. The maximum Gasteiger partial charge on any atom is 0.240 e. The molecule has 2 aliphatic rings. The smallest absolute Gasteiger partial charge is 0.240 e. The number of halogens is 3. The third-order valence-electron chi connectivity index (χ3n) is 3.69. The lowest BCUT2D eigenvalue weighted by atomic mass is 10.2. The predicted molar refractivity (Wildman–Crippen MR) is 72.4 cm³/mol. The van der Waals surface area contributed by atoms with E-state index >= 15 is 0 Å². The van der Waals surface area contributed by atoms with Crippen molar-refractivity contribution in [3.63, 3.8) is 0 Å². The zero-order chi connectivity index (χ0) is 15.2. The summed E-state index contributed by atoms with van der Waals surface area (Å²) in [6.45, 7) is 1.08. The van der Waals surface area contributed by atoms with E-state index in [9.17, 15) is 17.2 Å². The first-order valence-electron chi connectivity index (χ1n) is 6.54. The highest BCUT2D eigenvalue weighted by molar-refractivity contribution is 7.91. The van der Waals surface area contributed by atoms with E-state index in [0.29, 0.717) is 13.2 Å². The fourth-order valence-corrected chi connectivity index (χ4v) is 4.71. The minimum Gasteiger partial charge on any atom is -0.376 e. The van der Waals surface area contributed by atoms with Crippen LogP contribution in [0.15, 0.2) is 4.90 Å². The van der Waals surface area contributed by atoms with Gasteiger partial charge in [0.05, 0.1) is 11.9 Å². The van der Waals surface area contributed by atoms with Gasteiger partial charge in [-0.3, -0.25) is 0 Å². The maximum atomic E-state index is 14.0. The SMILES string of the molecule is O=S1(=O)CCN(CC2CCCO2)c2c(F)nc(F)c(Cl)c21. The molecule has 1 saturated heterocycles. The first-order valence-corrected chi connectivity index (χ1v) is 8.57. The highest BCUT2D eigenvalue weighted by atomic mass is 35.5. The number of aromatic nitrogens is 1. The van der Waals surface area contributed by atoms with Crippen LogP contribution < -0.4 is 4.90 Å². The molecule has 0 radical (unpaired) electrons. The van der Waals surface area contributed by atoms with E-state index in [2.05, 4.69) is 4.98 Å². The molecule has 116 valence electrons. The number of sulfone groups is 1. The molecule has 2 aliphatic heterocycles. The van der Waals surface area contributed by atoms with Gasteiger partial charge in [0.25, 0.3) is 0 Å². The Labute approximate surface area is 125 Å². The molecule has 1 unspecified atom stereocenters. The molecule has 0 saturated carbocycles. The summed E-state index contributed by atoms with van der Waals surface area (Å²) in [6.07, 6.45) is 1.64. The highest BCUT2D eigenvalue weighted by Gasteiger charge is 2.37. The summed E-state index contributed by atoms with van der Waals surface area (Å²) < 4.78 is 57.1. The van der Waals surface area contributed by atoms with E-state index in [0.717, 1.165) is 12.8 Å². The normalized spacial score (nSPS) is 24.1. The molecule has 5 nitrogen and oxygen atoms in total. The lowest BCUT2D eigenvalue weighted by molar-refractivity contribution is 0.115. The molecular formula is C12H13ClF2N2O3S. The Hall–Kier alpha value is -0.990. The van der Waals surface area contributed by atoms with Gasteiger partial charge in [-0.2, -0.15) is 13.8 Å². The molecule has 0 spiro atoms. The lowest BCUT2D eigenvalue weighted by Gasteiger charge is -2.32. The summed E-state index contributed by atoms with van der Waals surface area (Å²) in [6, 6.07) is 0. The average Bonchev–Trinajstić information content (AvgIpc) is 2.90. The van der Waals surface area contributed by atoms with E-state index in [-0.39, 0.29) is 24.1 Å². The number of rotatable bonds is 2. The van der Waals surface area contributed by atoms with Crippen molar-refractivity contribution < 1.29 is 21.9 Å². The summed E-state index contributed by atoms with van der Waals surface area (Å²) in [5.74, 6) is -2.71. The minimum atomic E-state index is -3.82. The van der Waals surface area contributed by atoms with Crippen molar-refractivity contribution in [2.45, 2.75) is 23.8 Å². The Bertz CT molecular complexity index is 678. The van der Waals surface area contributed by atoms with Crippen LogP contribution in [0, 0.1) is 11.9 Å². The zero-order valence-corrected chi connectivity index (χ0v) is 12.6. The molecule has 0 bridgehead atoms. The van der Waals surface area contributed by atoms with Crippen LogP contribution in [0.4, 0.5) is 14.5 Å². The van der Waals surface area contributed by atoms with Gasteiger partial charge in [-0.1, -0.05) is 11.6 Å². The summed E-state index contributed by atoms with van der Waals surface area (Å²) in [7, 11) is -3.82. The van der Waals surface area contributed by atoms with Crippen LogP contribution in [-0.4, -0.2) is 45.0 Å². The second kappa shape index (κ2) is 5.33. The molecule has 0 amide bonds. The fourth-order valence-electron chi connectivity index (χ4n) is 2.70. The standard InChI is InChI=1S/C12H13ClF2N2O3S/c13-8-10-9(12(15)16-11(8)14)17(3-5-21(10,18)19)6-7-2-1-4-20-7/h7H,1-6H2. The minimum absolute atomic E-state index is 0.0955. The Balaban J connectivity index is 2.07. The van der Waals surface area contributed by atoms with Gasteiger partial charge in [0.1, 0.15) is 15.6 Å².